The molecular weight excluding hydrogens is 370 g/mol. The van der Waals surface area contributed by atoms with Gasteiger partial charge in [0.1, 0.15) is 5.82 Å². The molecule has 1 saturated heterocycles. The van der Waals surface area contributed by atoms with Crippen LogP contribution in [0.15, 0.2) is 42.0 Å². The number of hydrogen-bond acceptors (Lipinski definition) is 6. The van der Waals surface area contributed by atoms with Crippen LogP contribution in [0.5, 0.6) is 0 Å². The predicted molar refractivity (Wildman–Crippen MR) is 109 cm³/mol. The summed E-state index contributed by atoms with van der Waals surface area (Å²) >= 11 is 1.50. The second kappa shape index (κ2) is 7.31. The van der Waals surface area contributed by atoms with E-state index in [9.17, 15) is 4.79 Å². The standard InChI is InChI=1S/C21H21N5OS/c27-21(18-4-3-13-28-18)26-12-7-17-16(14-26)20(25-10-1-2-11-25)24-19(23-17)15-5-8-22-9-6-15/h3-6,8-9,13H,1-2,7,10-12,14H2. The van der Waals surface area contributed by atoms with Crippen LogP contribution in [0.25, 0.3) is 11.4 Å². The number of rotatable bonds is 3. The summed E-state index contributed by atoms with van der Waals surface area (Å²) in [5, 5.41) is 1.95. The quantitative estimate of drug-likeness (QED) is 0.685. The summed E-state index contributed by atoms with van der Waals surface area (Å²) < 4.78 is 0. The lowest BCUT2D eigenvalue weighted by Crippen LogP contribution is -2.37. The third-order valence-electron chi connectivity index (χ3n) is 5.40. The number of carbonyl (C=O) groups excluding carboxylic acids is 1. The topological polar surface area (TPSA) is 62.2 Å². The molecule has 142 valence electrons. The van der Waals surface area contributed by atoms with Gasteiger partial charge < -0.3 is 9.80 Å². The Morgan fingerprint density at radius 3 is 2.61 bits per heavy atom. The van der Waals surface area contributed by atoms with Crippen molar-refractivity contribution in [2.75, 3.05) is 24.5 Å². The molecule has 0 bridgehead atoms. The molecule has 2 aliphatic rings. The minimum Gasteiger partial charge on any atom is -0.356 e. The first-order valence-corrected chi connectivity index (χ1v) is 10.6. The normalized spacial score (nSPS) is 16.3. The highest BCUT2D eigenvalue weighted by atomic mass is 32.1. The molecule has 0 radical (unpaired) electrons. The van der Waals surface area contributed by atoms with Crippen molar-refractivity contribution in [3.8, 4) is 11.4 Å². The van der Waals surface area contributed by atoms with E-state index in [0.717, 1.165) is 52.9 Å². The van der Waals surface area contributed by atoms with Crippen LogP contribution in [0.1, 0.15) is 33.8 Å². The van der Waals surface area contributed by atoms with Gasteiger partial charge in [-0.25, -0.2) is 9.97 Å². The third-order valence-corrected chi connectivity index (χ3v) is 6.26. The van der Waals surface area contributed by atoms with E-state index in [1.165, 1.54) is 24.2 Å². The number of amides is 1. The van der Waals surface area contributed by atoms with E-state index in [1.54, 1.807) is 12.4 Å². The van der Waals surface area contributed by atoms with Gasteiger partial charge in [-0.2, -0.15) is 0 Å². The molecule has 5 rings (SSSR count). The number of fused-ring (bicyclic) bond motifs is 1. The molecule has 1 amide bonds. The first-order chi connectivity index (χ1) is 13.8. The van der Waals surface area contributed by atoms with Gasteiger partial charge in [0, 0.05) is 49.6 Å². The zero-order valence-electron chi connectivity index (χ0n) is 15.5. The SMILES string of the molecule is O=C(c1cccs1)N1CCc2nc(-c3ccncc3)nc(N3CCCC3)c2C1. The highest BCUT2D eigenvalue weighted by molar-refractivity contribution is 7.12. The Hall–Kier alpha value is -2.80. The smallest absolute Gasteiger partial charge is 0.264 e. The molecule has 6 nitrogen and oxygen atoms in total. The van der Waals surface area contributed by atoms with Crippen LogP contribution in [0.3, 0.4) is 0 Å². The van der Waals surface area contributed by atoms with E-state index in [-0.39, 0.29) is 5.91 Å². The van der Waals surface area contributed by atoms with Crippen molar-refractivity contribution in [2.24, 2.45) is 0 Å². The maximum absolute atomic E-state index is 12.9. The summed E-state index contributed by atoms with van der Waals surface area (Å²) in [4.78, 5) is 31.9. The highest BCUT2D eigenvalue weighted by Gasteiger charge is 2.29. The number of thiophene rings is 1. The van der Waals surface area contributed by atoms with E-state index in [0.29, 0.717) is 13.1 Å². The largest absolute Gasteiger partial charge is 0.356 e. The summed E-state index contributed by atoms with van der Waals surface area (Å²) in [6.45, 7) is 3.29. The van der Waals surface area contributed by atoms with E-state index in [1.807, 2.05) is 34.5 Å². The van der Waals surface area contributed by atoms with Crippen LogP contribution < -0.4 is 4.90 Å². The molecular formula is C21H21N5OS. The fourth-order valence-electron chi connectivity index (χ4n) is 3.95. The number of carbonyl (C=O) groups is 1. The van der Waals surface area contributed by atoms with Crippen molar-refractivity contribution in [3.05, 3.63) is 58.2 Å². The fourth-order valence-corrected chi connectivity index (χ4v) is 4.64. The number of nitrogens with zero attached hydrogens (tertiary/aromatic N) is 5. The lowest BCUT2D eigenvalue weighted by Gasteiger charge is -2.31. The van der Waals surface area contributed by atoms with Crippen molar-refractivity contribution in [1.82, 2.24) is 19.9 Å². The Balaban J connectivity index is 1.54. The van der Waals surface area contributed by atoms with Gasteiger partial charge >= 0.3 is 0 Å². The molecule has 0 N–H and O–H groups in total. The Morgan fingerprint density at radius 2 is 1.86 bits per heavy atom. The van der Waals surface area contributed by atoms with Crippen LogP contribution in [0, 0.1) is 0 Å². The minimum absolute atomic E-state index is 0.103. The van der Waals surface area contributed by atoms with Crippen LogP contribution in [-0.4, -0.2) is 45.4 Å². The second-order valence-corrected chi connectivity index (χ2v) is 8.13. The number of anilines is 1. The van der Waals surface area contributed by atoms with E-state index >= 15 is 0 Å². The maximum atomic E-state index is 12.9. The van der Waals surface area contributed by atoms with Gasteiger partial charge in [0.05, 0.1) is 17.1 Å². The molecule has 28 heavy (non-hydrogen) atoms. The van der Waals surface area contributed by atoms with Crippen LogP contribution in [-0.2, 0) is 13.0 Å². The van der Waals surface area contributed by atoms with Gasteiger partial charge in [0.15, 0.2) is 5.82 Å². The van der Waals surface area contributed by atoms with Crippen molar-refractivity contribution in [1.29, 1.82) is 0 Å². The zero-order chi connectivity index (χ0) is 18.9. The van der Waals surface area contributed by atoms with E-state index < -0.39 is 0 Å². The molecule has 0 unspecified atom stereocenters. The first kappa shape index (κ1) is 17.3. The Morgan fingerprint density at radius 1 is 1.04 bits per heavy atom. The van der Waals surface area contributed by atoms with E-state index in [4.69, 9.17) is 9.97 Å². The molecule has 3 aromatic heterocycles. The average molecular weight is 392 g/mol. The third kappa shape index (κ3) is 3.16. The van der Waals surface area contributed by atoms with Crippen molar-refractivity contribution >= 4 is 23.1 Å². The summed E-state index contributed by atoms with van der Waals surface area (Å²) in [5.41, 5.74) is 3.16. The van der Waals surface area contributed by atoms with Gasteiger partial charge in [-0.05, 0) is 36.4 Å². The summed E-state index contributed by atoms with van der Waals surface area (Å²) in [5.74, 6) is 1.85. The molecule has 0 atom stereocenters. The molecule has 7 heteroatoms. The predicted octanol–water partition coefficient (Wildman–Crippen LogP) is 3.40. The average Bonchev–Trinajstić information content (AvgIpc) is 3.47. The highest BCUT2D eigenvalue weighted by Crippen LogP contribution is 2.32. The van der Waals surface area contributed by atoms with Crippen LogP contribution in [0.2, 0.25) is 0 Å². The van der Waals surface area contributed by atoms with Crippen molar-refractivity contribution in [3.63, 3.8) is 0 Å². The lowest BCUT2D eigenvalue weighted by molar-refractivity contribution is 0.0738. The Kier molecular flexibility index (Phi) is 4.52. The molecule has 3 aromatic rings. The Bertz CT molecular complexity index is 984. The van der Waals surface area contributed by atoms with Gasteiger partial charge in [0.2, 0.25) is 0 Å². The lowest BCUT2D eigenvalue weighted by atomic mass is 10.0. The summed E-state index contributed by atoms with van der Waals surface area (Å²) in [6, 6.07) is 7.72. The first-order valence-electron chi connectivity index (χ1n) is 9.67. The van der Waals surface area contributed by atoms with Crippen molar-refractivity contribution < 1.29 is 4.79 Å². The fraction of sp³-hybridized carbons (Fsp3) is 0.333. The van der Waals surface area contributed by atoms with Gasteiger partial charge in [0.25, 0.3) is 5.91 Å². The van der Waals surface area contributed by atoms with Gasteiger partial charge in [-0.15, -0.1) is 11.3 Å². The number of hydrogen-bond donors (Lipinski definition) is 0. The summed E-state index contributed by atoms with van der Waals surface area (Å²) in [7, 11) is 0. The van der Waals surface area contributed by atoms with Crippen molar-refractivity contribution in [2.45, 2.75) is 25.8 Å². The summed E-state index contributed by atoms with van der Waals surface area (Å²) in [6.07, 6.45) is 6.67. The van der Waals surface area contributed by atoms with Gasteiger partial charge in [-0.3, -0.25) is 9.78 Å². The molecule has 0 aromatic carbocycles. The Labute approximate surface area is 167 Å². The molecule has 2 aliphatic heterocycles. The molecule has 0 spiro atoms. The zero-order valence-corrected chi connectivity index (χ0v) is 16.4. The van der Waals surface area contributed by atoms with Crippen LogP contribution >= 0.6 is 11.3 Å². The molecule has 0 saturated carbocycles. The maximum Gasteiger partial charge on any atom is 0.264 e. The molecule has 0 aliphatic carbocycles. The monoisotopic (exact) mass is 391 g/mol. The van der Waals surface area contributed by atoms with E-state index in [2.05, 4.69) is 9.88 Å². The molecule has 1 fully saturated rings. The molecule has 5 heterocycles. The van der Waals surface area contributed by atoms with Crippen LogP contribution in [0.4, 0.5) is 5.82 Å². The number of aromatic nitrogens is 3. The second-order valence-electron chi connectivity index (χ2n) is 7.18. The van der Waals surface area contributed by atoms with Gasteiger partial charge in [-0.1, -0.05) is 6.07 Å². The minimum atomic E-state index is 0.103. The number of pyridine rings is 1.